The number of carboxylic acids is 1. The van der Waals surface area contributed by atoms with Gasteiger partial charge in [0, 0.05) is 25.2 Å². The van der Waals surface area contributed by atoms with Crippen LogP contribution in [0, 0.1) is 0 Å². The molecule has 1 heterocycles. The molecular weight excluding hydrogens is 196 g/mol. The smallest absolute Gasteiger partial charge is 0.332 e. The molecule has 1 aliphatic rings. The van der Waals surface area contributed by atoms with Crippen molar-refractivity contribution in [2.45, 2.75) is 12.8 Å². The third kappa shape index (κ3) is 3.71. The minimum absolute atomic E-state index is 0.0330. The summed E-state index contributed by atoms with van der Waals surface area (Å²) in [6, 6.07) is 0. The molecule has 0 aromatic rings. The summed E-state index contributed by atoms with van der Waals surface area (Å²) in [5.74, 6) is -0.998. The predicted molar refractivity (Wildman–Crippen MR) is 55.5 cm³/mol. The molecule has 0 unspecified atom stereocenters. The molecule has 1 amide bonds. The summed E-state index contributed by atoms with van der Waals surface area (Å²) in [5.41, 5.74) is 0.0734. The Morgan fingerprint density at radius 1 is 1.27 bits per heavy atom. The van der Waals surface area contributed by atoms with E-state index in [9.17, 15) is 9.59 Å². The van der Waals surface area contributed by atoms with Gasteiger partial charge in [0.1, 0.15) is 0 Å². The van der Waals surface area contributed by atoms with Crippen LogP contribution in [0.25, 0.3) is 0 Å². The first-order valence-electron chi connectivity index (χ1n) is 5.01. The van der Waals surface area contributed by atoms with E-state index in [1.807, 2.05) is 0 Å². The second-order valence-corrected chi connectivity index (χ2v) is 3.60. The molecule has 1 aliphatic heterocycles. The quantitative estimate of drug-likeness (QED) is 0.621. The van der Waals surface area contributed by atoms with Gasteiger partial charge in [-0.05, 0) is 12.8 Å². The zero-order chi connectivity index (χ0) is 11.3. The first-order chi connectivity index (χ1) is 7.11. The lowest BCUT2D eigenvalue weighted by Crippen LogP contribution is -2.37. The molecular formula is C10H16N2O3. The molecule has 0 radical (unpaired) electrons. The topological polar surface area (TPSA) is 69.6 Å². The Bertz CT molecular complexity index is 270. The van der Waals surface area contributed by atoms with Gasteiger partial charge in [0.05, 0.1) is 6.54 Å². The van der Waals surface area contributed by atoms with Crippen molar-refractivity contribution >= 4 is 11.9 Å². The van der Waals surface area contributed by atoms with Gasteiger partial charge in [-0.25, -0.2) is 4.79 Å². The average molecular weight is 212 g/mol. The van der Waals surface area contributed by atoms with E-state index in [2.05, 4.69) is 11.9 Å². The maximum Gasteiger partial charge on any atom is 0.332 e. The van der Waals surface area contributed by atoms with Gasteiger partial charge >= 0.3 is 5.97 Å². The number of amides is 1. The molecule has 2 N–H and O–H groups in total. The lowest BCUT2D eigenvalue weighted by Gasteiger charge is -2.15. The van der Waals surface area contributed by atoms with E-state index in [0.29, 0.717) is 0 Å². The predicted octanol–water partition coefficient (Wildman–Crippen LogP) is -0.161. The number of carbonyl (C=O) groups is 2. The first-order valence-corrected chi connectivity index (χ1v) is 5.01. The van der Waals surface area contributed by atoms with Crippen LogP contribution in [0.5, 0.6) is 0 Å². The molecule has 84 valence electrons. The normalized spacial score (nSPS) is 15.3. The zero-order valence-corrected chi connectivity index (χ0v) is 8.66. The molecule has 0 atom stereocenters. The van der Waals surface area contributed by atoms with E-state index >= 15 is 0 Å². The van der Waals surface area contributed by atoms with Crippen molar-refractivity contribution in [3.8, 4) is 0 Å². The molecule has 0 aromatic carbocycles. The zero-order valence-electron chi connectivity index (χ0n) is 8.66. The highest BCUT2D eigenvalue weighted by molar-refractivity contribution is 5.86. The summed E-state index contributed by atoms with van der Waals surface area (Å²) in [6.45, 7) is 5.34. The number of hydrogen-bond donors (Lipinski definition) is 2. The van der Waals surface area contributed by atoms with Crippen molar-refractivity contribution in [3.63, 3.8) is 0 Å². The maximum atomic E-state index is 11.5. The fourth-order valence-corrected chi connectivity index (χ4v) is 1.47. The highest BCUT2D eigenvalue weighted by atomic mass is 16.4. The van der Waals surface area contributed by atoms with E-state index in [-0.39, 0.29) is 24.6 Å². The Morgan fingerprint density at radius 2 is 1.87 bits per heavy atom. The molecule has 0 aliphatic carbocycles. The molecule has 15 heavy (non-hydrogen) atoms. The molecule has 0 saturated carbocycles. The Balaban J connectivity index is 2.16. The van der Waals surface area contributed by atoms with E-state index in [4.69, 9.17) is 5.11 Å². The number of carbonyl (C=O) groups excluding carboxylic acids is 1. The van der Waals surface area contributed by atoms with Crippen molar-refractivity contribution in [3.05, 3.63) is 12.2 Å². The van der Waals surface area contributed by atoms with E-state index in [0.717, 1.165) is 25.9 Å². The third-order valence-corrected chi connectivity index (χ3v) is 2.38. The molecule has 0 aromatic heterocycles. The lowest BCUT2D eigenvalue weighted by atomic mass is 10.3. The lowest BCUT2D eigenvalue weighted by molar-refractivity contribution is -0.133. The van der Waals surface area contributed by atoms with E-state index in [1.165, 1.54) is 0 Å². The minimum atomic E-state index is -1.03. The SMILES string of the molecule is C=C(CNCC(=O)N1CCCC1)C(=O)O. The minimum Gasteiger partial charge on any atom is -0.478 e. The molecule has 0 bridgehead atoms. The largest absolute Gasteiger partial charge is 0.478 e. The number of likely N-dealkylation sites (tertiary alicyclic amines) is 1. The van der Waals surface area contributed by atoms with Gasteiger partial charge < -0.3 is 15.3 Å². The molecule has 1 saturated heterocycles. The molecule has 5 heteroatoms. The Labute approximate surface area is 88.8 Å². The van der Waals surface area contributed by atoms with Crippen LogP contribution >= 0.6 is 0 Å². The summed E-state index contributed by atoms with van der Waals surface area (Å²) in [7, 11) is 0. The summed E-state index contributed by atoms with van der Waals surface area (Å²) in [4.78, 5) is 23.7. The van der Waals surface area contributed by atoms with Crippen molar-refractivity contribution in [1.82, 2.24) is 10.2 Å². The Hall–Kier alpha value is -1.36. The van der Waals surface area contributed by atoms with Crippen molar-refractivity contribution in [2.24, 2.45) is 0 Å². The van der Waals surface area contributed by atoms with Crippen LogP contribution in [0.2, 0.25) is 0 Å². The van der Waals surface area contributed by atoms with E-state index in [1.54, 1.807) is 4.90 Å². The third-order valence-electron chi connectivity index (χ3n) is 2.38. The van der Waals surface area contributed by atoms with Gasteiger partial charge in [0.2, 0.25) is 5.91 Å². The van der Waals surface area contributed by atoms with Crippen LogP contribution < -0.4 is 5.32 Å². The Kier molecular flexibility index (Phi) is 4.30. The number of rotatable bonds is 5. The van der Waals surface area contributed by atoms with Crippen molar-refractivity contribution < 1.29 is 14.7 Å². The molecule has 1 rings (SSSR count). The fourth-order valence-electron chi connectivity index (χ4n) is 1.47. The highest BCUT2D eigenvalue weighted by Crippen LogP contribution is 2.06. The van der Waals surface area contributed by atoms with Crippen LogP contribution in [-0.2, 0) is 9.59 Å². The summed E-state index contributed by atoms with van der Waals surface area (Å²) in [6.07, 6.45) is 2.13. The van der Waals surface area contributed by atoms with Gasteiger partial charge in [0.15, 0.2) is 0 Å². The monoisotopic (exact) mass is 212 g/mol. The number of carboxylic acid groups (broad SMARTS) is 1. The number of hydrogen-bond acceptors (Lipinski definition) is 3. The van der Waals surface area contributed by atoms with Crippen molar-refractivity contribution in [1.29, 1.82) is 0 Å². The average Bonchev–Trinajstić information content (AvgIpc) is 2.70. The fraction of sp³-hybridized carbons (Fsp3) is 0.600. The van der Waals surface area contributed by atoms with Crippen molar-refractivity contribution in [2.75, 3.05) is 26.2 Å². The maximum absolute atomic E-state index is 11.5. The standard InChI is InChI=1S/C10H16N2O3/c1-8(10(14)15)6-11-7-9(13)12-4-2-3-5-12/h11H,1-7H2,(H,14,15). The van der Waals surface area contributed by atoms with Crippen LogP contribution in [0.1, 0.15) is 12.8 Å². The van der Waals surface area contributed by atoms with Gasteiger partial charge in [0.25, 0.3) is 0 Å². The second kappa shape index (κ2) is 5.50. The van der Waals surface area contributed by atoms with Gasteiger partial charge in [-0.2, -0.15) is 0 Å². The second-order valence-electron chi connectivity index (χ2n) is 3.60. The molecule has 1 fully saturated rings. The van der Waals surface area contributed by atoms with Crippen LogP contribution in [0.3, 0.4) is 0 Å². The van der Waals surface area contributed by atoms with Crippen LogP contribution in [-0.4, -0.2) is 48.1 Å². The van der Waals surface area contributed by atoms with Crippen LogP contribution in [0.4, 0.5) is 0 Å². The Morgan fingerprint density at radius 3 is 2.40 bits per heavy atom. The molecule has 0 spiro atoms. The summed E-state index contributed by atoms with van der Waals surface area (Å²) in [5, 5.41) is 11.3. The molecule has 5 nitrogen and oxygen atoms in total. The highest BCUT2D eigenvalue weighted by Gasteiger charge is 2.17. The number of aliphatic carboxylic acids is 1. The van der Waals surface area contributed by atoms with Gasteiger partial charge in [-0.1, -0.05) is 6.58 Å². The summed E-state index contributed by atoms with van der Waals surface area (Å²) >= 11 is 0. The van der Waals surface area contributed by atoms with Crippen LogP contribution in [0.15, 0.2) is 12.2 Å². The summed E-state index contributed by atoms with van der Waals surface area (Å²) < 4.78 is 0. The van der Waals surface area contributed by atoms with E-state index < -0.39 is 5.97 Å². The number of nitrogens with one attached hydrogen (secondary N) is 1. The van der Waals surface area contributed by atoms with Gasteiger partial charge in [-0.3, -0.25) is 4.79 Å². The first kappa shape index (κ1) is 11.7. The van der Waals surface area contributed by atoms with Gasteiger partial charge in [-0.15, -0.1) is 0 Å². The number of nitrogens with zero attached hydrogens (tertiary/aromatic N) is 1.